The standard InChI is InChI=1S/C17H15N5O3S/c1-12-16-10-15(11-18-17(16)21(2)20-12)26(23,24)25-14-6-4-13(5-7-14)22-9-3-8-19-22/h3-11H,1-2H3. The summed E-state index contributed by atoms with van der Waals surface area (Å²) in [5.41, 5.74) is 2.12. The number of fused-ring (bicyclic) bond motifs is 1. The van der Waals surface area contributed by atoms with Crippen molar-refractivity contribution in [3.05, 3.63) is 60.7 Å². The molecule has 3 heterocycles. The van der Waals surface area contributed by atoms with Crippen LogP contribution in [0.1, 0.15) is 5.69 Å². The summed E-state index contributed by atoms with van der Waals surface area (Å²) in [6.45, 7) is 1.80. The second-order valence-corrected chi connectivity index (χ2v) is 7.28. The first-order chi connectivity index (χ1) is 12.4. The molecule has 0 amide bonds. The molecule has 0 bridgehead atoms. The first-order valence-corrected chi connectivity index (χ1v) is 9.19. The van der Waals surface area contributed by atoms with Crippen molar-refractivity contribution in [3.8, 4) is 11.4 Å². The Labute approximate surface area is 149 Å². The maximum absolute atomic E-state index is 12.6. The van der Waals surface area contributed by atoms with Crippen LogP contribution in [0.4, 0.5) is 0 Å². The van der Waals surface area contributed by atoms with Crippen LogP contribution in [0.2, 0.25) is 0 Å². The highest BCUT2D eigenvalue weighted by molar-refractivity contribution is 7.87. The molecule has 4 rings (SSSR count). The SMILES string of the molecule is Cc1nn(C)c2ncc(S(=O)(=O)Oc3ccc(-n4cccn4)cc3)cc12. The van der Waals surface area contributed by atoms with E-state index < -0.39 is 10.1 Å². The minimum absolute atomic E-state index is 0.0164. The van der Waals surface area contributed by atoms with Crippen molar-refractivity contribution < 1.29 is 12.6 Å². The minimum atomic E-state index is -4.00. The van der Waals surface area contributed by atoms with Crippen molar-refractivity contribution in [2.75, 3.05) is 0 Å². The zero-order valence-electron chi connectivity index (χ0n) is 14.1. The molecule has 0 aliphatic carbocycles. The lowest BCUT2D eigenvalue weighted by atomic mass is 10.3. The molecule has 0 aliphatic heterocycles. The van der Waals surface area contributed by atoms with E-state index >= 15 is 0 Å². The smallest absolute Gasteiger partial charge is 0.340 e. The van der Waals surface area contributed by atoms with Crippen LogP contribution < -0.4 is 4.18 Å². The van der Waals surface area contributed by atoms with Gasteiger partial charge >= 0.3 is 10.1 Å². The van der Waals surface area contributed by atoms with Gasteiger partial charge in [0, 0.05) is 24.8 Å². The van der Waals surface area contributed by atoms with E-state index in [1.54, 1.807) is 66.1 Å². The normalized spacial score (nSPS) is 11.8. The molecule has 0 spiro atoms. The van der Waals surface area contributed by atoms with Gasteiger partial charge in [0.25, 0.3) is 0 Å². The Morgan fingerprint density at radius 2 is 1.92 bits per heavy atom. The summed E-state index contributed by atoms with van der Waals surface area (Å²) < 4.78 is 33.6. The lowest BCUT2D eigenvalue weighted by molar-refractivity contribution is 0.486. The van der Waals surface area contributed by atoms with E-state index in [1.165, 1.54) is 12.3 Å². The Morgan fingerprint density at radius 1 is 1.15 bits per heavy atom. The van der Waals surface area contributed by atoms with E-state index in [9.17, 15) is 8.42 Å². The number of pyridine rings is 1. The largest absolute Gasteiger partial charge is 0.379 e. The average molecular weight is 369 g/mol. The summed E-state index contributed by atoms with van der Waals surface area (Å²) in [7, 11) is -2.24. The van der Waals surface area contributed by atoms with Gasteiger partial charge in [0.15, 0.2) is 5.65 Å². The van der Waals surface area contributed by atoms with Gasteiger partial charge in [-0.1, -0.05) is 0 Å². The summed E-state index contributed by atoms with van der Waals surface area (Å²) in [5, 5.41) is 9.03. The maximum atomic E-state index is 12.6. The fourth-order valence-electron chi connectivity index (χ4n) is 2.68. The van der Waals surface area contributed by atoms with E-state index in [2.05, 4.69) is 15.2 Å². The second-order valence-electron chi connectivity index (χ2n) is 5.73. The number of nitrogens with zero attached hydrogens (tertiary/aromatic N) is 5. The maximum Gasteiger partial charge on any atom is 0.340 e. The summed E-state index contributed by atoms with van der Waals surface area (Å²) >= 11 is 0. The highest BCUT2D eigenvalue weighted by atomic mass is 32.2. The molecule has 26 heavy (non-hydrogen) atoms. The molecule has 9 heteroatoms. The van der Waals surface area contributed by atoms with E-state index in [0.717, 1.165) is 5.69 Å². The molecule has 0 atom stereocenters. The third-order valence-corrected chi connectivity index (χ3v) is 5.15. The predicted molar refractivity (Wildman–Crippen MR) is 94.6 cm³/mol. The summed E-state index contributed by atoms with van der Waals surface area (Å²) in [6.07, 6.45) is 4.74. The monoisotopic (exact) mass is 369 g/mol. The highest BCUT2D eigenvalue weighted by Crippen LogP contribution is 2.23. The van der Waals surface area contributed by atoms with Crippen LogP contribution in [0.3, 0.4) is 0 Å². The van der Waals surface area contributed by atoms with E-state index in [1.807, 2.05) is 0 Å². The first kappa shape index (κ1) is 16.3. The summed E-state index contributed by atoms with van der Waals surface area (Å²) in [5.74, 6) is 0.212. The predicted octanol–water partition coefficient (Wildman–Crippen LogP) is 2.23. The van der Waals surface area contributed by atoms with Gasteiger partial charge in [-0.3, -0.25) is 4.68 Å². The molecule has 1 aromatic carbocycles. The Balaban J connectivity index is 1.64. The first-order valence-electron chi connectivity index (χ1n) is 7.78. The van der Waals surface area contributed by atoms with Gasteiger partial charge in [-0.15, -0.1) is 0 Å². The van der Waals surface area contributed by atoms with Crippen LogP contribution in [-0.2, 0) is 17.2 Å². The van der Waals surface area contributed by atoms with Crippen LogP contribution in [0.15, 0.2) is 59.9 Å². The molecule has 0 saturated heterocycles. The molecule has 132 valence electrons. The Kier molecular flexibility index (Phi) is 3.73. The van der Waals surface area contributed by atoms with Crippen molar-refractivity contribution in [2.24, 2.45) is 7.05 Å². The lowest BCUT2D eigenvalue weighted by Crippen LogP contribution is -2.10. The number of hydrogen-bond donors (Lipinski definition) is 0. The number of aryl methyl sites for hydroxylation is 2. The Bertz CT molecular complexity index is 1180. The van der Waals surface area contributed by atoms with Gasteiger partial charge in [0.2, 0.25) is 0 Å². The van der Waals surface area contributed by atoms with Crippen molar-refractivity contribution in [3.63, 3.8) is 0 Å². The Morgan fingerprint density at radius 3 is 2.62 bits per heavy atom. The number of benzene rings is 1. The van der Waals surface area contributed by atoms with Gasteiger partial charge in [0.05, 0.1) is 17.6 Å². The third kappa shape index (κ3) is 2.82. The van der Waals surface area contributed by atoms with E-state index in [-0.39, 0.29) is 10.6 Å². The summed E-state index contributed by atoms with van der Waals surface area (Å²) in [6, 6.07) is 9.94. The van der Waals surface area contributed by atoms with Crippen molar-refractivity contribution in [1.82, 2.24) is 24.5 Å². The van der Waals surface area contributed by atoms with E-state index in [4.69, 9.17) is 4.18 Å². The van der Waals surface area contributed by atoms with Crippen molar-refractivity contribution >= 4 is 21.2 Å². The van der Waals surface area contributed by atoms with E-state index in [0.29, 0.717) is 16.7 Å². The molecular formula is C17H15N5O3S. The highest BCUT2D eigenvalue weighted by Gasteiger charge is 2.19. The quantitative estimate of drug-likeness (QED) is 0.512. The topological polar surface area (TPSA) is 91.9 Å². The zero-order chi connectivity index (χ0) is 18.3. The van der Waals surface area contributed by atoms with Crippen LogP contribution >= 0.6 is 0 Å². The number of rotatable bonds is 4. The van der Waals surface area contributed by atoms with Crippen LogP contribution in [0.25, 0.3) is 16.7 Å². The second kappa shape index (κ2) is 5.95. The molecule has 0 saturated carbocycles. The van der Waals surface area contributed by atoms with Gasteiger partial charge in [-0.05, 0) is 43.3 Å². The molecule has 0 unspecified atom stereocenters. The fraction of sp³-hybridized carbons (Fsp3) is 0.118. The van der Waals surface area contributed by atoms with Gasteiger partial charge < -0.3 is 4.18 Å². The van der Waals surface area contributed by atoms with Gasteiger partial charge in [-0.2, -0.15) is 18.6 Å². The fourth-order valence-corrected chi connectivity index (χ4v) is 3.58. The zero-order valence-corrected chi connectivity index (χ0v) is 14.9. The van der Waals surface area contributed by atoms with Crippen LogP contribution in [0.5, 0.6) is 5.75 Å². The lowest BCUT2D eigenvalue weighted by Gasteiger charge is -2.08. The van der Waals surface area contributed by atoms with Crippen LogP contribution in [0, 0.1) is 6.92 Å². The molecule has 0 radical (unpaired) electrons. The molecule has 0 fully saturated rings. The van der Waals surface area contributed by atoms with Gasteiger partial charge in [0.1, 0.15) is 10.6 Å². The minimum Gasteiger partial charge on any atom is -0.379 e. The molecule has 3 aromatic heterocycles. The molecule has 8 nitrogen and oxygen atoms in total. The van der Waals surface area contributed by atoms with Crippen molar-refractivity contribution in [1.29, 1.82) is 0 Å². The molecule has 0 N–H and O–H groups in total. The van der Waals surface area contributed by atoms with Gasteiger partial charge in [-0.25, -0.2) is 9.67 Å². The third-order valence-electron chi connectivity index (χ3n) is 3.94. The Hall–Kier alpha value is -3.20. The number of hydrogen-bond acceptors (Lipinski definition) is 6. The number of aromatic nitrogens is 5. The molecule has 0 aliphatic rings. The van der Waals surface area contributed by atoms with Crippen molar-refractivity contribution in [2.45, 2.75) is 11.8 Å². The molecular weight excluding hydrogens is 354 g/mol. The summed E-state index contributed by atoms with van der Waals surface area (Å²) in [4.78, 5) is 4.17. The van der Waals surface area contributed by atoms with Crippen LogP contribution in [-0.4, -0.2) is 33.0 Å². The average Bonchev–Trinajstić information content (AvgIpc) is 3.24. The molecule has 4 aromatic rings.